The second-order valence-electron chi connectivity index (χ2n) is 8.74. The number of hydrogen-bond acceptors (Lipinski definition) is 7. The number of ether oxygens (including phenoxy) is 2. The number of benzene rings is 3. The van der Waals surface area contributed by atoms with E-state index in [1.807, 2.05) is 54.6 Å². The fourth-order valence-electron chi connectivity index (χ4n) is 4.18. The minimum atomic E-state index is -3.66. The van der Waals surface area contributed by atoms with Crippen LogP contribution in [0.5, 0.6) is 17.2 Å². The van der Waals surface area contributed by atoms with Crippen molar-refractivity contribution in [3.63, 3.8) is 0 Å². The lowest BCUT2D eigenvalue weighted by molar-refractivity contribution is 0.0692. The molecule has 0 bridgehead atoms. The quantitative estimate of drug-likeness (QED) is 0.342. The summed E-state index contributed by atoms with van der Waals surface area (Å²) in [6.07, 6.45) is 1.60. The van der Waals surface area contributed by atoms with E-state index in [1.165, 1.54) is 23.5 Å². The largest absolute Gasteiger partial charge is 0.497 e. The number of hydrogen-bond donors (Lipinski definition) is 0. The van der Waals surface area contributed by atoms with Crippen LogP contribution in [0.15, 0.2) is 90.0 Å². The summed E-state index contributed by atoms with van der Waals surface area (Å²) in [4.78, 5) is 14.8. The molecule has 0 saturated carbocycles. The average molecular weight is 534 g/mol. The number of carbonyl (C=O) groups excluding carboxylic acids is 1. The number of rotatable bonds is 8. The van der Waals surface area contributed by atoms with Crippen molar-refractivity contribution in [2.75, 3.05) is 33.3 Å². The molecule has 38 heavy (non-hydrogen) atoms. The van der Waals surface area contributed by atoms with Gasteiger partial charge < -0.3 is 14.4 Å². The summed E-state index contributed by atoms with van der Waals surface area (Å²) in [5.41, 5.74) is 1.16. The number of aromatic nitrogens is 3. The SMILES string of the molecule is COc1ccc(S(=O)(=O)N2CCN(C(=O)c3cn(Cc4cccc(Oc5ccccc5)c4)nn3)CC2)cc1. The highest BCUT2D eigenvalue weighted by atomic mass is 32.2. The van der Waals surface area contributed by atoms with E-state index in [2.05, 4.69) is 10.3 Å². The summed E-state index contributed by atoms with van der Waals surface area (Å²) in [5, 5.41) is 8.17. The van der Waals surface area contributed by atoms with Crippen LogP contribution in [-0.4, -0.2) is 71.8 Å². The van der Waals surface area contributed by atoms with Crippen molar-refractivity contribution in [3.8, 4) is 17.2 Å². The zero-order chi connectivity index (χ0) is 26.5. The number of methoxy groups -OCH3 is 1. The van der Waals surface area contributed by atoms with Gasteiger partial charge in [-0.25, -0.2) is 13.1 Å². The van der Waals surface area contributed by atoms with Gasteiger partial charge in [0.05, 0.1) is 24.7 Å². The lowest BCUT2D eigenvalue weighted by Crippen LogP contribution is -2.50. The summed E-state index contributed by atoms with van der Waals surface area (Å²) in [6, 6.07) is 23.4. The van der Waals surface area contributed by atoms with E-state index in [9.17, 15) is 13.2 Å². The van der Waals surface area contributed by atoms with E-state index >= 15 is 0 Å². The summed E-state index contributed by atoms with van der Waals surface area (Å²) in [7, 11) is -2.13. The molecule has 196 valence electrons. The maximum absolute atomic E-state index is 13.0. The third-order valence-corrected chi connectivity index (χ3v) is 8.12. The zero-order valence-electron chi connectivity index (χ0n) is 20.8. The van der Waals surface area contributed by atoms with Gasteiger partial charge in [-0.3, -0.25) is 4.79 Å². The Morgan fingerprint density at radius 2 is 1.58 bits per heavy atom. The Kier molecular flexibility index (Phi) is 7.38. The maximum atomic E-state index is 13.0. The first-order chi connectivity index (χ1) is 18.4. The second kappa shape index (κ2) is 11.0. The van der Waals surface area contributed by atoms with Crippen LogP contribution in [0.25, 0.3) is 0 Å². The standard InChI is InChI=1S/C27H27N5O5S/c1-36-22-10-12-25(13-11-22)38(34,35)32-16-14-30(15-17-32)27(33)26-20-31(29-28-26)19-21-6-5-9-24(18-21)37-23-7-3-2-4-8-23/h2-13,18,20H,14-17,19H2,1H3. The van der Waals surface area contributed by atoms with Gasteiger partial charge in [-0.2, -0.15) is 4.31 Å². The van der Waals surface area contributed by atoms with Crippen molar-refractivity contribution in [1.82, 2.24) is 24.2 Å². The Bertz CT molecular complexity index is 1500. The van der Waals surface area contributed by atoms with Crippen LogP contribution < -0.4 is 9.47 Å². The van der Waals surface area contributed by atoms with Gasteiger partial charge in [-0.05, 0) is 54.1 Å². The van der Waals surface area contributed by atoms with Gasteiger partial charge in [0.25, 0.3) is 5.91 Å². The smallest absolute Gasteiger partial charge is 0.276 e. The highest BCUT2D eigenvalue weighted by molar-refractivity contribution is 7.89. The molecule has 10 nitrogen and oxygen atoms in total. The van der Waals surface area contributed by atoms with Crippen LogP contribution in [0.1, 0.15) is 16.1 Å². The normalized spacial score (nSPS) is 14.3. The second-order valence-corrected chi connectivity index (χ2v) is 10.7. The van der Waals surface area contributed by atoms with Crippen LogP contribution in [0.3, 0.4) is 0 Å². The summed E-state index contributed by atoms with van der Waals surface area (Å²) >= 11 is 0. The van der Waals surface area contributed by atoms with Crippen molar-refractivity contribution < 1.29 is 22.7 Å². The molecule has 2 heterocycles. The fraction of sp³-hybridized carbons (Fsp3) is 0.222. The third-order valence-electron chi connectivity index (χ3n) is 6.20. The molecule has 1 saturated heterocycles. The Hall–Kier alpha value is -4.22. The van der Waals surface area contributed by atoms with Crippen molar-refractivity contribution in [2.24, 2.45) is 0 Å². The van der Waals surface area contributed by atoms with Crippen LogP contribution >= 0.6 is 0 Å². The molecule has 1 fully saturated rings. The van der Waals surface area contributed by atoms with E-state index in [1.54, 1.807) is 27.9 Å². The van der Waals surface area contributed by atoms with E-state index in [4.69, 9.17) is 9.47 Å². The first-order valence-electron chi connectivity index (χ1n) is 12.1. The molecule has 3 aromatic carbocycles. The molecule has 1 aliphatic rings. The van der Waals surface area contributed by atoms with E-state index in [0.717, 1.165) is 11.3 Å². The summed E-state index contributed by atoms with van der Waals surface area (Å²) < 4.78 is 39.9. The lowest BCUT2D eigenvalue weighted by Gasteiger charge is -2.33. The predicted molar refractivity (Wildman–Crippen MR) is 140 cm³/mol. The van der Waals surface area contributed by atoms with Gasteiger partial charge in [0.15, 0.2) is 5.69 Å². The van der Waals surface area contributed by atoms with E-state index in [-0.39, 0.29) is 42.7 Å². The molecule has 0 aliphatic carbocycles. The van der Waals surface area contributed by atoms with Crippen molar-refractivity contribution in [3.05, 3.63) is 96.3 Å². The zero-order valence-corrected chi connectivity index (χ0v) is 21.6. The summed E-state index contributed by atoms with van der Waals surface area (Å²) in [5.74, 6) is 1.75. The molecule has 0 spiro atoms. The maximum Gasteiger partial charge on any atom is 0.276 e. The molecule has 0 unspecified atom stereocenters. The monoisotopic (exact) mass is 533 g/mol. The Morgan fingerprint density at radius 1 is 0.868 bits per heavy atom. The third kappa shape index (κ3) is 5.68. The molecule has 1 aliphatic heterocycles. The highest BCUT2D eigenvalue weighted by Crippen LogP contribution is 2.23. The Morgan fingerprint density at radius 3 is 2.29 bits per heavy atom. The fourth-order valence-corrected chi connectivity index (χ4v) is 5.61. The van der Waals surface area contributed by atoms with Crippen LogP contribution in [0.2, 0.25) is 0 Å². The molecule has 1 aromatic heterocycles. The van der Waals surface area contributed by atoms with Crippen molar-refractivity contribution in [1.29, 1.82) is 0 Å². The van der Waals surface area contributed by atoms with Crippen LogP contribution in [0.4, 0.5) is 0 Å². The summed E-state index contributed by atoms with van der Waals surface area (Å²) in [6.45, 7) is 1.34. The number of nitrogens with zero attached hydrogens (tertiary/aromatic N) is 5. The molecule has 4 aromatic rings. The van der Waals surface area contributed by atoms with Gasteiger partial charge in [-0.1, -0.05) is 35.5 Å². The van der Waals surface area contributed by atoms with Gasteiger partial charge in [-0.15, -0.1) is 5.10 Å². The Labute approximate surface area is 221 Å². The molecule has 0 atom stereocenters. The van der Waals surface area contributed by atoms with Gasteiger partial charge in [0.1, 0.15) is 17.2 Å². The molecule has 0 radical (unpaired) electrons. The van der Waals surface area contributed by atoms with Crippen LogP contribution in [-0.2, 0) is 16.6 Å². The molecule has 0 N–H and O–H groups in total. The highest BCUT2D eigenvalue weighted by Gasteiger charge is 2.31. The Balaban J connectivity index is 1.18. The topological polar surface area (TPSA) is 107 Å². The average Bonchev–Trinajstić information content (AvgIpc) is 3.42. The van der Waals surface area contributed by atoms with Gasteiger partial charge in [0, 0.05) is 26.2 Å². The molecular formula is C27H27N5O5S. The number of piperazine rings is 1. The number of carbonyl (C=O) groups is 1. The molecule has 1 amide bonds. The lowest BCUT2D eigenvalue weighted by atomic mass is 10.2. The number of sulfonamides is 1. The minimum absolute atomic E-state index is 0.194. The van der Waals surface area contributed by atoms with E-state index in [0.29, 0.717) is 18.0 Å². The number of amides is 1. The van der Waals surface area contributed by atoms with Crippen molar-refractivity contribution >= 4 is 15.9 Å². The van der Waals surface area contributed by atoms with E-state index < -0.39 is 10.0 Å². The first kappa shape index (κ1) is 25.4. The van der Waals surface area contributed by atoms with Gasteiger partial charge >= 0.3 is 0 Å². The van der Waals surface area contributed by atoms with Crippen LogP contribution in [0, 0.1) is 0 Å². The first-order valence-corrected chi connectivity index (χ1v) is 13.5. The number of para-hydroxylation sites is 1. The molecule has 11 heteroatoms. The van der Waals surface area contributed by atoms with Gasteiger partial charge in [0.2, 0.25) is 10.0 Å². The van der Waals surface area contributed by atoms with Crippen molar-refractivity contribution in [2.45, 2.75) is 11.4 Å². The minimum Gasteiger partial charge on any atom is -0.497 e. The predicted octanol–water partition coefficient (Wildman–Crippen LogP) is 3.27. The molecule has 5 rings (SSSR count). The molecular weight excluding hydrogens is 506 g/mol.